The Labute approximate surface area is 181 Å². The molecule has 0 radical (unpaired) electrons. The van der Waals surface area contributed by atoms with Gasteiger partial charge in [0.25, 0.3) is 0 Å². The summed E-state index contributed by atoms with van der Waals surface area (Å²) in [5.41, 5.74) is 3.48. The van der Waals surface area contributed by atoms with E-state index in [0.717, 1.165) is 28.7 Å². The van der Waals surface area contributed by atoms with E-state index in [9.17, 15) is 19.5 Å². The zero-order chi connectivity index (χ0) is 22.0. The summed E-state index contributed by atoms with van der Waals surface area (Å²) in [7, 11) is 1.52. The normalized spacial score (nSPS) is 15.9. The Bertz CT molecular complexity index is 969. The monoisotopic (exact) mass is 422 g/mol. The average Bonchev–Trinajstić information content (AvgIpc) is 3.05. The minimum absolute atomic E-state index is 0.0235. The lowest BCUT2D eigenvalue weighted by molar-refractivity contribution is -0.164. The molecule has 2 aromatic carbocycles. The summed E-state index contributed by atoms with van der Waals surface area (Å²) in [6.45, 7) is 0.297. The molecule has 7 nitrogen and oxygen atoms in total. The fourth-order valence-corrected chi connectivity index (χ4v) is 4.53. The van der Waals surface area contributed by atoms with Crippen LogP contribution in [0.2, 0.25) is 0 Å². The van der Waals surface area contributed by atoms with Crippen LogP contribution in [-0.2, 0) is 14.3 Å². The van der Waals surface area contributed by atoms with Crippen molar-refractivity contribution < 1.29 is 24.2 Å². The Morgan fingerprint density at radius 3 is 2.16 bits per heavy atom. The van der Waals surface area contributed by atoms with Crippen LogP contribution < -0.4 is 5.32 Å². The molecule has 2 aromatic rings. The highest BCUT2D eigenvalue weighted by Gasteiger charge is 2.49. The van der Waals surface area contributed by atoms with Crippen LogP contribution in [0.15, 0.2) is 48.5 Å². The number of likely N-dealkylation sites (N-methyl/N-ethyl adjacent to an activating group) is 1. The summed E-state index contributed by atoms with van der Waals surface area (Å²) in [6, 6.07) is 16.2. The summed E-state index contributed by atoms with van der Waals surface area (Å²) in [5.74, 6) is -1.31. The Balaban J connectivity index is 1.29. The first-order valence-electron chi connectivity index (χ1n) is 10.5. The van der Waals surface area contributed by atoms with E-state index in [0.29, 0.717) is 12.8 Å². The molecule has 7 heteroatoms. The molecule has 0 aliphatic heterocycles. The van der Waals surface area contributed by atoms with Crippen molar-refractivity contribution in [2.45, 2.75) is 37.1 Å². The standard InChI is InChI=1S/C24H26N2O5/c1-26(24(22(28)29)12-6-13-24)21(27)11-14-25-23(30)31-15-20-18-9-4-2-7-16(18)17-8-3-5-10-19(17)20/h2-5,7-10,20H,6,11-15H2,1H3,(H,25,30)(H,28,29). The van der Waals surface area contributed by atoms with Gasteiger partial charge in [0.1, 0.15) is 12.1 Å². The second-order valence-electron chi connectivity index (χ2n) is 8.15. The van der Waals surface area contributed by atoms with Crippen LogP contribution in [-0.4, -0.2) is 53.7 Å². The van der Waals surface area contributed by atoms with E-state index in [2.05, 4.69) is 29.6 Å². The lowest BCUT2D eigenvalue weighted by atomic mass is 9.75. The molecular formula is C24H26N2O5. The van der Waals surface area contributed by atoms with Gasteiger partial charge in [0.15, 0.2) is 0 Å². The van der Waals surface area contributed by atoms with Crippen molar-refractivity contribution in [3.05, 3.63) is 59.7 Å². The number of nitrogens with one attached hydrogen (secondary N) is 1. The predicted molar refractivity (Wildman–Crippen MR) is 115 cm³/mol. The number of carbonyl (C=O) groups is 3. The van der Waals surface area contributed by atoms with Gasteiger partial charge in [-0.15, -0.1) is 0 Å². The van der Waals surface area contributed by atoms with Gasteiger partial charge in [0.05, 0.1) is 0 Å². The van der Waals surface area contributed by atoms with Crippen molar-refractivity contribution in [3.63, 3.8) is 0 Å². The number of carbonyl (C=O) groups excluding carboxylic acids is 2. The first kappa shape index (κ1) is 20.9. The van der Waals surface area contributed by atoms with Crippen molar-refractivity contribution in [2.75, 3.05) is 20.2 Å². The number of amides is 2. The smallest absolute Gasteiger partial charge is 0.407 e. The quantitative estimate of drug-likeness (QED) is 0.713. The van der Waals surface area contributed by atoms with Crippen LogP contribution in [0.1, 0.15) is 42.7 Å². The Morgan fingerprint density at radius 2 is 1.65 bits per heavy atom. The summed E-state index contributed by atoms with van der Waals surface area (Å²) >= 11 is 0. The number of aliphatic carboxylic acids is 1. The highest BCUT2D eigenvalue weighted by atomic mass is 16.5. The molecule has 0 aromatic heterocycles. The number of rotatable bonds is 7. The van der Waals surface area contributed by atoms with Gasteiger partial charge < -0.3 is 20.1 Å². The Morgan fingerprint density at radius 1 is 1.06 bits per heavy atom. The SMILES string of the molecule is CN(C(=O)CCNC(=O)OCC1c2ccccc2-c2ccccc21)C1(C(=O)O)CCC1. The van der Waals surface area contributed by atoms with Crippen LogP contribution in [0.25, 0.3) is 11.1 Å². The van der Waals surface area contributed by atoms with Crippen LogP contribution in [0.3, 0.4) is 0 Å². The minimum Gasteiger partial charge on any atom is -0.479 e. The fraction of sp³-hybridized carbons (Fsp3) is 0.375. The molecule has 2 aliphatic rings. The van der Waals surface area contributed by atoms with E-state index < -0.39 is 17.6 Å². The molecule has 162 valence electrons. The number of ether oxygens (including phenoxy) is 1. The number of carboxylic acid groups (broad SMARTS) is 1. The van der Waals surface area contributed by atoms with Crippen molar-refractivity contribution >= 4 is 18.0 Å². The fourth-order valence-electron chi connectivity index (χ4n) is 4.53. The molecule has 0 atom stereocenters. The highest BCUT2D eigenvalue weighted by molar-refractivity contribution is 5.88. The van der Waals surface area contributed by atoms with Crippen molar-refractivity contribution in [1.29, 1.82) is 0 Å². The maximum atomic E-state index is 12.4. The predicted octanol–water partition coefficient (Wildman–Crippen LogP) is 3.38. The van der Waals surface area contributed by atoms with Crippen LogP contribution >= 0.6 is 0 Å². The summed E-state index contributed by atoms with van der Waals surface area (Å²) in [6.07, 6.45) is 1.15. The van der Waals surface area contributed by atoms with Gasteiger partial charge in [-0.05, 0) is 41.5 Å². The first-order valence-corrected chi connectivity index (χ1v) is 10.5. The van der Waals surface area contributed by atoms with Gasteiger partial charge in [-0.2, -0.15) is 0 Å². The summed E-state index contributed by atoms with van der Waals surface area (Å²) in [4.78, 5) is 37.4. The number of alkyl carbamates (subject to hydrolysis) is 1. The lowest BCUT2D eigenvalue weighted by Crippen LogP contribution is -2.59. The molecule has 0 heterocycles. The third kappa shape index (κ3) is 3.76. The molecule has 1 fully saturated rings. The molecule has 0 saturated heterocycles. The highest BCUT2D eigenvalue weighted by Crippen LogP contribution is 2.44. The second-order valence-corrected chi connectivity index (χ2v) is 8.15. The zero-order valence-corrected chi connectivity index (χ0v) is 17.5. The number of nitrogens with zero attached hydrogens (tertiary/aromatic N) is 1. The second kappa shape index (κ2) is 8.41. The van der Waals surface area contributed by atoms with Crippen LogP contribution in [0.5, 0.6) is 0 Å². The third-order valence-corrected chi connectivity index (χ3v) is 6.55. The van der Waals surface area contributed by atoms with E-state index >= 15 is 0 Å². The van der Waals surface area contributed by atoms with E-state index in [1.54, 1.807) is 0 Å². The maximum absolute atomic E-state index is 12.4. The number of hydrogen-bond donors (Lipinski definition) is 2. The Hall–Kier alpha value is -3.35. The molecular weight excluding hydrogens is 396 g/mol. The molecule has 2 aliphatic carbocycles. The summed E-state index contributed by atoms with van der Waals surface area (Å²) in [5, 5.41) is 12.0. The van der Waals surface area contributed by atoms with E-state index in [1.165, 1.54) is 11.9 Å². The van der Waals surface area contributed by atoms with Gasteiger partial charge in [-0.25, -0.2) is 9.59 Å². The van der Waals surface area contributed by atoms with Gasteiger partial charge in [-0.3, -0.25) is 4.79 Å². The van der Waals surface area contributed by atoms with Gasteiger partial charge in [-0.1, -0.05) is 48.5 Å². The molecule has 1 saturated carbocycles. The first-order chi connectivity index (χ1) is 14.9. The van der Waals surface area contributed by atoms with Crippen LogP contribution in [0.4, 0.5) is 4.79 Å². The molecule has 4 rings (SSSR count). The number of fused-ring (bicyclic) bond motifs is 3. The number of carboxylic acids is 1. The van der Waals surface area contributed by atoms with Gasteiger partial charge in [0.2, 0.25) is 5.91 Å². The molecule has 2 amide bonds. The lowest BCUT2D eigenvalue weighted by Gasteiger charge is -2.44. The van der Waals surface area contributed by atoms with Crippen molar-refractivity contribution in [1.82, 2.24) is 10.2 Å². The largest absolute Gasteiger partial charge is 0.479 e. The molecule has 31 heavy (non-hydrogen) atoms. The molecule has 0 spiro atoms. The van der Waals surface area contributed by atoms with Gasteiger partial charge >= 0.3 is 12.1 Å². The summed E-state index contributed by atoms with van der Waals surface area (Å²) < 4.78 is 5.45. The van der Waals surface area contributed by atoms with E-state index in [1.807, 2.05) is 24.3 Å². The number of hydrogen-bond acceptors (Lipinski definition) is 4. The Kier molecular flexibility index (Phi) is 5.67. The van der Waals surface area contributed by atoms with E-state index in [-0.39, 0.29) is 31.4 Å². The molecule has 0 unspecified atom stereocenters. The van der Waals surface area contributed by atoms with Gasteiger partial charge in [0, 0.05) is 25.9 Å². The minimum atomic E-state index is -1.10. The number of benzene rings is 2. The molecule has 2 N–H and O–H groups in total. The topological polar surface area (TPSA) is 95.9 Å². The van der Waals surface area contributed by atoms with Crippen molar-refractivity contribution in [3.8, 4) is 11.1 Å². The van der Waals surface area contributed by atoms with Crippen molar-refractivity contribution in [2.24, 2.45) is 0 Å². The van der Waals surface area contributed by atoms with Crippen LogP contribution in [0, 0.1) is 0 Å². The molecule has 0 bridgehead atoms. The van der Waals surface area contributed by atoms with E-state index in [4.69, 9.17) is 4.74 Å². The zero-order valence-electron chi connectivity index (χ0n) is 17.5. The third-order valence-electron chi connectivity index (χ3n) is 6.55. The average molecular weight is 422 g/mol. The maximum Gasteiger partial charge on any atom is 0.407 e.